The van der Waals surface area contributed by atoms with Crippen molar-refractivity contribution in [3.63, 3.8) is 0 Å². The van der Waals surface area contributed by atoms with E-state index < -0.39 is 11.2 Å². The predicted molar refractivity (Wildman–Crippen MR) is 75.5 cm³/mol. The molecule has 0 radical (unpaired) electrons. The lowest BCUT2D eigenvalue weighted by molar-refractivity contribution is -0.132. The number of rotatable bonds is 3. The molecular formula is C13H20N4O3. The van der Waals surface area contributed by atoms with Crippen molar-refractivity contribution < 1.29 is 4.79 Å². The molecule has 2 heterocycles. The standard InChI is InChI=1S/C13H20N4O3/c1-2-15-8-10(14)12(19)17(13(15)20)9-11(18)16-6-4-3-5-7-16/h8H,2-7,9,14H2,1H3. The van der Waals surface area contributed by atoms with Gasteiger partial charge in [0.05, 0.1) is 0 Å². The fraction of sp³-hybridized carbons (Fsp3) is 0.615. The zero-order chi connectivity index (χ0) is 14.7. The van der Waals surface area contributed by atoms with Crippen molar-refractivity contribution in [1.82, 2.24) is 14.0 Å². The van der Waals surface area contributed by atoms with Crippen molar-refractivity contribution in [1.29, 1.82) is 0 Å². The minimum Gasteiger partial charge on any atom is -0.393 e. The highest BCUT2D eigenvalue weighted by Crippen LogP contribution is 2.08. The highest BCUT2D eigenvalue weighted by atomic mass is 16.2. The van der Waals surface area contributed by atoms with Crippen LogP contribution in [0.2, 0.25) is 0 Å². The number of hydrogen-bond acceptors (Lipinski definition) is 4. The topological polar surface area (TPSA) is 90.3 Å². The third-order valence-corrected chi connectivity index (χ3v) is 3.61. The number of nitrogen functional groups attached to an aromatic ring is 1. The van der Waals surface area contributed by atoms with Crippen LogP contribution in [-0.2, 0) is 17.9 Å². The molecule has 2 N–H and O–H groups in total. The molecule has 1 saturated heterocycles. The lowest BCUT2D eigenvalue weighted by Crippen LogP contribution is -2.46. The Morgan fingerprint density at radius 3 is 2.50 bits per heavy atom. The number of nitrogens with zero attached hydrogens (tertiary/aromatic N) is 3. The number of aryl methyl sites for hydroxylation is 1. The number of anilines is 1. The molecule has 2 rings (SSSR count). The Balaban J connectivity index is 2.28. The summed E-state index contributed by atoms with van der Waals surface area (Å²) in [5.74, 6) is -0.197. The molecule has 110 valence electrons. The lowest BCUT2D eigenvalue weighted by atomic mass is 10.1. The fourth-order valence-electron chi connectivity index (χ4n) is 2.42. The van der Waals surface area contributed by atoms with Gasteiger partial charge in [-0.2, -0.15) is 0 Å². The van der Waals surface area contributed by atoms with Crippen molar-refractivity contribution >= 4 is 11.6 Å². The summed E-state index contributed by atoms with van der Waals surface area (Å²) in [7, 11) is 0. The largest absolute Gasteiger partial charge is 0.393 e. The van der Waals surface area contributed by atoms with Gasteiger partial charge in [-0.3, -0.25) is 14.2 Å². The van der Waals surface area contributed by atoms with Gasteiger partial charge in [-0.15, -0.1) is 0 Å². The molecule has 1 fully saturated rings. The van der Waals surface area contributed by atoms with E-state index >= 15 is 0 Å². The van der Waals surface area contributed by atoms with Gasteiger partial charge in [-0.25, -0.2) is 9.36 Å². The van der Waals surface area contributed by atoms with Crippen molar-refractivity contribution in [3.05, 3.63) is 27.0 Å². The Kier molecular flexibility index (Phi) is 4.26. The summed E-state index contributed by atoms with van der Waals surface area (Å²) in [4.78, 5) is 37.9. The minimum absolute atomic E-state index is 0.0158. The highest BCUT2D eigenvalue weighted by Gasteiger charge is 2.19. The zero-order valence-electron chi connectivity index (χ0n) is 11.7. The van der Waals surface area contributed by atoms with Gasteiger partial charge in [0.25, 0.3) is 5.56 Å². The van der Waals surface area contributed by atoms with Gasteiger partial charge in [0.15, 0.2) is 0 Å². The lowest BCUT2D eigenvalue weighted by Gasteiger charge is -2.26. The maximum absolute atomic E-state index is 12.2. The maximum atomic E-state index is 12.2. The Labute approximate surface area is 116 Å². The summed E-state index contributed by atoms with van der Waals surface area (Å²) in [5, 5.41) is 0. The van der Waals surface area contributed by atoms with Gasteiger partial charge in [-0.1, -0.05) is 0 Å². The van der Waals surface area contributed by atoms with Crippen molar-refractivity contribution in [2.75, 3.05) is 18.8 Å². The molecular weight excluding hydrogens is 260 g/mol. The molecule has 1 aliphatic heterocycles. The SMILES string of the molecule is CCn1cc(N)c(=O)n(CC(=O)N2CCCCC2)c1=O. The number of piperidine rings is 1. The van der Waals surface area contributed by atoms with Crippen LogP contribution in [0.5, 0.6) is 0 Å². The van der Waals surface area contributed by atoms with E-state index in [1.807, 2.05) is 0 Å². The monoisotopic (exact) mass is 280 g/mol. The van der Waals surface area contributed by atoms with Crippen molar-refractivity contribution in [3.8, 4) is 0 Å². The molecule has 0 unspecified atom stereocenters. The molecule has 1 aromatic rings. The minimum atomic E-state index is -0.593. The van der Waals surface area contributed by atoms with Crippen LogP contribution in [0.4, 0.5) is 5.69 Å². The molecule has 20 heavy (non-hydrogen) atoms. The van der Waals surface area contributed by atoms with E-state index in [1.54, 1.807) is 11.8 Å². The Bertz CT molecular complexity index is 611. The summed E-state index contributed by atoms with van der Waals surface area (Å²) in [6, 6.07) is 0. The first kappa shape index (κ1) is 14.4. The molecule has 0 saturated carbocycles. The Hall–Kier alpha value is -2.05. The van der Waals surface area contributed by atoms with Gasteiger partial charge in [0.2, 0.25) is 5.91 Å². The first-order chi connectivity index (χ1) is 9.54. The molecule has 0 aromatic carbocycles. The molecule has 0 atom stereocenters. The number of likely N-dealkylation sites (tertiary alicyclic amines) is 1. The van der Waals surface area contributed by atoms with Crippen molar-refractivity contribution in [2.45, 2.75) is 39.3 Å². The molecule has 0 spiro atoms. The molecule has 7 heteroatoms. The van der Waals surface area contributed by atoms with Crippen LogP contribution >= 0.6 is 0 Å². The van der Waals surface area contributed by atoms with Crippen molar-refractivity contribution in [2.24, 2.45) is 0 Å². The smallest absolute Gasteiger partial charge is 0.331 e. The van der Waals surface area contributed by atoms with Gasteiger partial charge >= 0.3 is 5.69 Å². The number of hydrogen-bond donors (Lipinski definition) is 1. The van der Waals surface area contributed by atoms with Crippen LogP contribution in [0.1, 0.15) is 26.2 Å². The van der Waals surface area contributed by atoms with Crippen LogP contribution in [-0.4, -0.2) is 33.0 Å². The predicted octanol–water partition coefficient (Wildman–Crippen LogP) is -0.375. The van der Waals surface area contributed by atoms with Crippen LogP contribution in [0.3, 0.4) is 0 Å². The number of carbonyl (C=O) groups is 1. The fourth-order valence-corrected chi connectivity index (χ4v) is 2.42. The second-order valence-electron chi connectivity index (χ2n) is 4.99. The van der Waals surface area contributed by atoms with Crippen LogP contribution < -0.4 is 17.0 Å². The van der Waals surface area contributed by atoms with E-state index in [4.69, 9.17) is 5.73 Å². The van der Waals surface area contributed by atoms with Crippen LogP contribution in [0.15, 0.2) is 15.8 Å². The van der Waals surface area contributed by atoms with E-state index in [0.29, 0.717) is 19.6 Å². The molecule has 1 aliphatic rings. The van der Waals surface area contributed by atoms with E-state index in [-0.39, 0.29) is 18.1 Å². The molecule has 1 amide bonds. The van der Waals surface area contributed by atoms with Crippen LogP contribution in [0, 0.1) is 0 Å². The zero-order valence-corrected chi connectivity index (χ0v) is 11.7. The number of aromatic nitrogens is 2. The first-order valence-corrected chi connectivity index (χ1v) is 6.92. The number of nitrogens with two attached hydrogens (primary N) is 1. The highest BCUT2D eigenvalue weighted by molar-refractivity contribution is 5.76. The molecule has 0 aliphatic carbocycles. The molecule has 0 bridgehead atoms. The average molecular weight is 280 g/mol. The average Bonchev–Trinajstić information content (AvgIpc) is 2.48. The summed E-state index contributed by atoms with van der Waals surface area (Å²) in [5.41, 5.74) is 4.50. The van der Waals surface area contributed by atoms with E-state index in [9.17, 15) is 14.4 Å². The summed E-state index contributed by atoms with van der Waals surface area (Å²) >= 11 is 0. The summed E-state index contributed by atoms with van der Waals surface area (Å²) < 4.78 is 2.26. The second-order valence-corrected chi connectivity index (χ2v) is 4.99. The van der Waals surface area contributed by atoms with Crippen LogP contribution in [0.25, 0.3) is 0 Å². The van der Waals surface area contributed by atoms with Gasteiger partial charge in [0.1, 0.15) is 12.2 Å². The summed E-state index contributed by atoms with van der Waals surface area (Å²) in [6.45, 7) is 3.34. The second kappa shape index (κ2) is 5.94. The third-order valence-electron chi connectivity index (χ3n) is 3.61. The Morgan fingerprint density at radius 1 is 1.25 bits per heavy atom. The summed E-state index contributed by atoms with van der Waals surface area (Å²) in [6.07, 6.45) is 4.38. The van der Waals surface area contributed by atoms with Gasteiger partial charge in [0, 0.05) is 25.8 Å². The first-order valence-electron chi connectivity index (χ1n) is 6.92. The number of carbonyl (C=O) groups excluding carboxylic acids is 1. The van der Waals surface area contributed by atoms with Gasteiger partial charge < -0.3 is 10.6 Å². The quantitative estimate of drug-likeness (QED) is 0.817. The van der Waals surface area contributed by atoms with E-state index in [2.05, 4.69) is 0 Å². The normalized spacial score (nSPS) is 15.3. The Morgan fingerprint density at radius 2 is 1.90 bits per heavy atom. The molecule has 1 aromatic heterocycles. The molecule has 7 nitrogen and oxygen atoms in total. The van der Waals surface area contributed by atoms with E-state index in [1.165, 1.54) is 10.8 Å². The maximum Gasteiger partial charge on any atom is 0.331 e. The van der Waals surface area contributed by atoms with Gasteiger partial charge in [-0.05, 0) is 26.2 Å². The number of amides is 1. The van der Waals surface area contributed by atoms with E-state index in [0.717, 1.165) is 23.8 Å². The third kappa shape index (κ3) is 2.76.